The van der Waals surface area contributed by atoms with Gasteiger partial charge >= 0.3 is 0 Å². The Morgan fingerprint density at radius 3 is 2.14 bits per heavy atom. The van der Waals surface area contributed by atoms with E-state index < -0.39 is 6.04 Å². The van der Waals surface area contributed by atoms with Crippen molar-refractivity contribution in [2.45, 2.75) is 13.0 Å². The number of aryl methyl sites for hydroxylation is 1. The van der Waals surface area contributed by atoms with Gasteiger partial charge in [-0.3, -0.25) is 4.79 Å². The Morgan fingerprint density at radius 1 is 1.05 bits per heavy atom. The predicted octanol–water partition coefficient (Wildman–Crippen LogP) is 2.70. The quantitative estimate of drug-likeness (QED) is 0.907. The van der Waals surface area contributed by atoms with Gasteiger partial charge in [0.25, 0.3) is 0 Å². The van der Waals surface area contributed by atoms with Gasteiger partial charge < -0.3 is 16.0 Å². The van der Waals surface area contributed by atoms with Crippen molar-refractivity contribution in [1.82, 2.24) is 0 Å². The maximum atomic E-state index is 12.2. The van der Waals surface area contributed by atoms with Crippen LogP contribution in [0.25, 0.3) is 0 Å². The van der Waals surface area contributed by atoms with Crippen molar-refractivity contribution in [3.05, 3.63) is 59.7 Å². The molecule has 3 N–H and O–H groups in total. The van der Waals surface area contributed by atoms with E-state index in [4.69, 9.17) is 5.73 Å². The molecule has 0 heterocycles. The van der Waals surface area contributed by atoms with Gasteiger partial charge in [-0.05, 0) is 36.8 Å². The van der Waals surface area contributed by atoms with Crippen LogP contribution in [0.3, 0.4) is 0 Å². The zero-order valence-corrected chi connectivity index (χ0v) is 12.6. The number of nitrogens with zero attached hydrogens (tertiary/aromatic N) is 1. The van der Waals surface area contributed by atoms with Gasteiger partial charge in [0.2, 0.25) is 5.91 Å². The molecule has 1 amide bonds. The predicted molar refractivity (Wildman–Crippen MR) is 87.5 cm³/mol. The molecular formula is C17H21N3O. The second kappa shape index (κ2) is 6.41. The minimum Gasteiger partial charge on any atom is -0.378 e. The highest BCUT2D eigenvalue weighted by Gasteiger charge is 2.15. The fourth-order valence-electron chi connectivity index (χ4n) is 1.99. The van der Waals surface area contributed by atoms with Crippen LogP contribution in [0.5, 0.6) is 0 Å². The molecule has 1 atom stereocenters. The Morgan fingerprint density at radius 2 is 1.62 bits per heavy atom. The van der Waals surface area contributed by atoms with Crippen LogP contribution in [-0.2, 0) is 4.79 Å². The van der Waals surface area contributed by atoms with Crippen molar-refractivity contribution in [3.8, 4) is 0 Å². The van der Waals surface area contributed by atoms with Crippen LogP contribution in [0.15, 0.2) is 48.5 Å². The maximum Gasteiger partial charge on any atom is 0.245 e. The molecule has 4 heteroatoms. The SMILES string of the molecule is Cc1ccc(C(N)C(=O)Nc2ccc(N(C)C)cc2)cc1. The van der Waals surface area contributed by atoms with E-state index in [1.165, 1.54) is 0 Å². The minimum atomic E-state index is -0.667. The normalized spacial score (nSPS) is 11.8. The Kier molecular flexibility index (Phi) is 4.60. The number of hydrogen-bond acceptors (Lipinski definition) is 3. The summed E-state index contributed by atoms with van der Waals surface area (Å²) >= 11 is 0. The lowest BCUT2D eigenvalue weighted by Crippen LogP contribution is -2.27. The first-order valence-electron chi connectivity index (χ1n) is 6.88. The van der Waals surface area contributed by atoms with Crippen LogP contribution < -0.4 is 16.0 Å². The number of amides is 1. The summed E-state index contributed by atoms with van der Waals surface area (Å²) in [4.78, 5) is 14.2. The molecule has 0 aliphatic rings. The van der Waals surface area contributed by atoms with Gasteiger partial charge in [0.05, 0.1) is 0 Å². The number of nitrogens with two attached hydrogens (primary N) is 1. The topological polar surface area (TPSA) is 58.4 Å². The van der Waals surface area contributed by atoms with Crippen LogP contribution in [0, 0.1) is 6.92 Å². The molecule has 0 aromatic heterocycles. The molecule has 0 bridgehead atoms. The Balaban J connectivity index is 2.05. The smallest absolute Gasteiger partial charge is 0.245 e. The fraction of sp³-hybridized carbons (Fsp3) is 0.235. The molecule has 0 fully saturated rings. The highest BCUT2D eigenvalue weighted by molar-refractivity contribution is 5.95. The van der Waals surface area contributed by atoms with Gasteiger partial charge in [-0.25, -0.2) is 0 Å². The second-order valence-electron chi connectivity index (χ2n) is 5.32. The average Bonchev–Trinajstić information content (AvgIpc) is 2.47. The molecular weight excluding hydrogens is 262 g/mol. The Labute approximate surface area is 125 Å². The molecule has 0 saturated carbocycles. The molecule has 4 nitrogen and oxygen atoms in total. The van der Waals surface area contributed by atoms with Gasteiger partial charge in [0.15, 0.2) is 0 Å². The second-order valence-corrected chi connectivity index (χ2v) is 5.32. The molecule has 21 heavy (non-hydrogen) atoms. The van der Waals surface area contributed by atoms with E-state index in [-0.39, 0.29) is 5.91 Å². The van der Waals surface area contributed by atoms with Gasteiger partial charge in [-0.15, -0.1) is 0 Å². The summed E-state index contributed by atoms with van der Waals surface area (Å²) in [6.07, 6.45) is 0. The standard InChI is InChI=1S/C17H21N3O/c1-12-4-6-13(7-5-12)16(18)17(21)19-14-8-10-15(11-9-14)20(2)3/h4-11,16H,18H2,1-3H3,(H,19,21). The van der Waals surface area contributed by atoms with Crippen molar-refractivity contribution in [3.63, 3.8) is 0 Å². The third-order valence-corrected chi connectivity index (χ3v) is 3.37. The van der Waals surface area contributed by atoms with Crippen LogP contribution in [0.4, 0.5) is 11.4 Å². The van der Waals surface area contributed by atoms with E-state index in [2.05, 4.69) is 5.32 Å². The summed E-state index contributed by atoms with van der Waals surface area (Å²) < 4.78 is 0. The summed E-state index contributed by atoms with van der Waals surface area (Å²) in [6, 6.07) is 14.6. The van der Waals surface area contributed by atoms with Crippen LogP contribution >= 0.6 is 0 Å². The number of carbonyl (C=O) groups excluding carboxylic acids is 1. The minimum absolute atomic E-state index is 0.212. The lowest BCUT2D eigenvalue weighted by molar-refractivity contribution is -0.117. The molecule has 2 aromatic rings. The molecule has 0 radical (unpaired) electrons. The highest BCUT2D eigenvalue weighted by atomic mass is 16.2. The van der Waals surface area contributed by atoms with Gasteiger partial charge in [0, 0.05) is 25.5 Å². The van der Waals surface area contributed by atoms with Gasteiger partial charge in [-0.2, -0.15) is 0 Å². The van der Waals surface area contributed by atoms with Crippen molar-refractivity contribution >= 4 is 17.3 Å². The zero-order chi connectivity index (χ0) is 15.4. The zero-order valence-electron chi connectivity index (χ0n) is 12.6. The first-order chi connectivity index (χ1) is 9.97. The van der Waals surface area contributed by atoms with Crippen molar-refractivity contribution < 1.29 is 4.79 Å². The fourth-order valence-corrected chi connectivity index (χ4v) is 1.99. The summed E-state index contributed by atoms with van der Waals surface area (Å²) in [5, 5.41) is 2.84. The van der Waals surface area contributed by atoms with Gasteiger partial charge in [0.1, 0.15) is 6.04 Å². The maximum absolute atomic E-state index is 12.2. The number of anilines is 2. The van der Waals surface area contributed by atoms with E-state index >= 15 is 0 Å². The van der Waals surface area contributed by atoms with Crippen molar-refractivity contribution in [2.75, 3.05) is 24.3 Å². The summed E-state index contributed by atoms with van der Waals surface area (Å²) in [7, 11) is 3.95. The molecule has 0 aliphatic heterocycles. The number of hydrogen-bond donors (Lipinski definition) is 2. The molecule has 2 rings (SSSR count). The van der Waals surface area contributed by atoms with Crippen molar-refractivity contribution in [2.24, 2.45) is 5.73 Å². The van der Waals surface area contributed by atoms with Crippen LogP contribution in [-0.4, -0.2) is 20.0 Å². The molecule has 1 unspecified atom stereocenters. The number of carbonyl (C=O) groups is 1. The van der Waals surface area contributed by atoms with E-state index in [0.717, 1.165) is 22.5 Å². The molecule has 110 valence electrons. The van der Waals surface area contributed by atoms with Crippen LogP contribution in [0.2, 0.25) is 0 Å². The third kappa shape index (κ3) is 3.83. The highest BCUT2D eigenvalue weighted by Crippen LogP contribution is 2.18. The lowest BCUT2D eigenvalue weighted by atomic mass is 10.1. The first-order valence-corrected chi connectivity index (χ1v) is 6.88. The average molecular weight is 283 g/mol. The largest absolute Gasteiger partial charge is 0.378 e. The number of rotatable bonds is 4. The Hall–Kier alpha value is -2.33. The number of nitrogens with one attached hydrogen (secondary N) is 1. The number of benzene rings is 2. The molecule has 0 saturated heterocycles. The van der Waals surface area contributed by atoms with Gasteiger partial charge in [-0.1, -0.05) is 29.8 Å². The van der Waals surface area contributed by atoms with E-state index in [9.17, 15) is 4.79 Å². The monoisotopic (exact) mass is 283 g/mol. The summed E-state index contributed by atoms with van der Waals surface area (Å²) in [5.41, 5.74) is 9.77. The molecule has 0 aliphatic carbocycles. The molecule has 0 spiro atoms. The van der Waals surface area contributed by atoms with E-state index in [1.807, 2.05) is 74.4 Å². The summed E-state index contributed by atoms with van der Waals surface area (Å²) in [6.45, 7) is 2.00. The first kappa shape index (κ1) is 15.1. The van der Waals surface area contributed by atoms with Crippen LogP contribution in [0.1, 0.15) is 17.2 Å². The summed E-state index contributed by atoms with van der Waals surface area (Å²) in [5.74, 6) is -0.212. The van der Waals surface area contributed by atoms with Crippen molar-refractivity contribution in [1.29, 1.82) is 0 Å². The lowest BCUT2D eigenvalue weighted by Gasteiger charge is -2.15. The molecule has 2 aromatic carbocycles. The Bertz CT molecular complexity index is 603. The third-order valence-electron chi connectivity index (χ3n) is 3.37. The van der Waals surface area contributed by atoms with E-state index in [1.54, 1.807) is 0 Å². The van der Waals surface area contributed by atoms with E-state index in [0.29, 0.717) is 0 Å².